The molecule has 0 radical (unpaired) electrons. The van der Waals surface area contributed by atoms with Gasteiger partial charge in [-0.05, 0) is 50.1 Å². The highest BCUT2D eigenvalue weighted by molar-refractivity contribution is 9.10. The van der Waals surface area contributed by atoms with Gasteiger partial charge in [0, 0.05) is 32.5 Å². The van der Waals surface area contributed by atoms with Gasteiger partial charge in [-0.2, -0.15) is 0 Å². The molecule has 142 valence electrons. The molecule has 0 bridgehead atoms. The lowest BCUT2D eigenvalue weighted by atomic mass is 10.1. The topological polar surface area (TPSA) is 59.8 Å². The summed E-state index contributed by atoms with van der Waals surface area (Å²) >= 11 is 6.53. The van der Waals surface area contributed by atoms with Crippen molar-refractivity contribution in [2.75, 3.05) is 11.1 Å². The second kappa shape index (κ2) is 9.03. The van der Waals surface area contributed by atoms with E-state index in [1.807, 2.05) is 24.3 Å². The third-order valence-electron chi connectivity index (χ3n) is 4.15. The fraction of sp³-hybridized carbons (Fsp3) is 0.316. The van der Waals surface area contributed by atoms with Crippen LogP contribution in [-0.2, 0) is 11.3 Å². The van der Waals surface area contributed by atoms with E-state index in [1.54, 1.807) is 11.3 Å². The van der Waals surface area contributed by atoms with Gasteiger partial charge in [0.1, 0.15) is 0 Å². The van der Waals surface area contributed by atoms with Crippen molar-refractivity contribution in [2.45, 2.75) is 38.9 Å². The highest BCUT2D eigenvalue weighted by atomic mass is 79.9. The van der Waals surface area contributed by atoms with Crippen LogP contribution in [0.3, 0.4) is 0 Å². The van der Waals surface area contributed by atoms with Crippen LogP contribution >= 0.6 is 39.0 Å². The zero-order valence-electron chi connectivity index (χ0n) is 15.5. The Labute approximate surface area is 175 Å². The molecule has 0 spiro atoms. The van der Waals surface area contributed by atoms with Crippen LogP contribution in [0.4, 0.5) is 5.69 Å². The molecule has 0 aliphatic rings. The van der Waals surface area contributed by atoms with Crippen molar-refractivity contribution >= 4 is 50.6 Å². The molecule has 27 heavy (non-hydrogen) atoms. The quantitative estimate of drug-likeness (QED) is 0.467. The fourth-order valence-electron chi connectivity index (χ4n) is 2.61. The number of halogens is 1. The van der Waals surface area contributed by atoms with E-state index in [1.165, 1.54) is 22.2 Å². The molecule has 0 unspecified atom stereocenters. The molecular weight excluding hydrogens is 444 g/mol. The molecule has 0 aliphatic carbocycles. The number of aryl methyl sites for hydroxylation is 1. The van der Waals surface area contributed by atoms with Gasteiger partial charge in [-0.1, -0.05) is 34.6 Å². The largest absolute Gasteiger partial charge is 0.325 e. The number of benzene rings is 1. The number of carbonyl (C=O) groups excluding carboxylic acids is 1. The van der Waals surface area contributed by atoms with Gasteiger partial charge in [-0.3, -0.25) is 4.79 Å². The van der Waals surface area contributed by atoms with Crippen molar-refractivity contribution in [3.05, 3.63) is 44.6 Å². The first kappa shape index (κ1) is 20.1. The first-order chi connectivity index (χ1) is 13.0. The number of thioether (sulfide) groups is 1. The predicted octanol–water partition coefficient (Wildman–Crippen LogP) is 5.53. The van der Waals surface area contributed by atoms with Crippen molar-refractivity contribution in [1.29, 1.82) is 0 Å². The molecule has 1 aromatic carbocycles. The maximum atomic E-state index is 12.3. The van der Waals surface area contributed by atoms with E-state index in [4.69, 9.17) is 0 Å². The molecule has 1 N–H and O–H groups in total. The zero-order valence-corrected chi connectivity index (χ0v) is 18.7. The van der Waals surface area contributed by atoms with Gasteiger partial charge in [0.05, 0.1) is 5.75 Å². The number of amides is 1. The lowest BCUT2D eigenvalue weighted by Crippen LogP contribution is -2.14. The van der Waals surface area contributed by atoms with Gasteiger partial charge in [-0.15, -0.1) is 21.5 Å². The molecule has 3 aromatic rings. The smallest absolute Gasteiger partial charge is 0.234 e. The van der Waals surface area contributed by atoms with Crippen LogP contribution in [0.1, 0.15) is 23.8 Å². The molecule has 3 rings (SSSR count). The Morgan fingerprint density at radius 1 is 1.26 bits per heavy atom. The highest BCUT2D eigenvalue weighted by Gasteiger charge is 2.18. The second-order valence-corrected chi connectivity index (χ2v) is 9.07. The van der Waals surface area contributed by atoms with E-state index in [2.05, 4.69) is 62.2 Å². The van der Waals surface area contributed by atoms with E-state index in [0.717, 1.165) is 39.7 Å². The molecule has 0 atom stereocenters. The molecular formula is C19H21BrN4OS2. The highest BCUT2D eigenvalue weighted by Crippen LogP contribution is 2.31. The molecule has 2 heterocycles. The molecule has 0 aliphatic heterocycles. The van der Waals surface area contributed by atoms with Crippen LogP contribution in [0, 0.1) is 13.8 Å². The number of nitrogens with one attached hydrogen (secondary N) is 1. The summed E-state index contributed by atoms with van der Waals surface area (Å²) in [5, 5.41) is 14.6. The number of carbonyl (C=O) groups is 1. The number of hydrogen-bond donors (Lipinski definition) is 1. The van der Waals surface area contributed by atoms with Crippen molar-refractivity contribution < 1.29 is 4.79 Å². The fourth-order valence-corrected chi connectivity index (χ4v) is 4.51. The van der Waals surface area contributed by atoms with Gasteiger partial charge in [0.25, 0.3) is 0 Å². The lowest BCUT2D eigenvalue weighted by molar-refractivity contribution is -0.113. The van der Waals surface area contributed by atoms with Gasteiger partial charge < -0.3 is 9.88 Å². The summed E-state index contributed by atoms with van der Waals surface area (Å²) in [7, 11) is 0. The first-order valence-electron chi connectivity index (χ1n) is 8.66. The lowest BCUT2D eigenvalue weighted by Gasteiger charge is -2.09. The van der Waals surface area contributed by atoms with Crippen LogP contribution < -0.4 is 5.32 Å². The van der Waals surface area contributed by atoms with E-state index in [0.29, 0.717) is 5.75 Å². The standard InChI is InChI=1S/C19H21BrN4OS2/c1-4-9-24-18(16-10-26-13(3)12(16)2)22-23-19(24)27-11-17(25)21-15-7-5-14(20)6-8-15/h5-8,10H,4,9,11H2,1-3H3,(H,21,25). The Bertz CT molecular complexity index is 934. The third-order valence-corrected chi connectivity index (χ3v) is 6.66. The minimum atomic E-state index is -0.0579. The summed E-state index contributed by atoms with van der Waals surface area (Å²) < 4.78 is 3.10. The number of aromatic nitrogens is 3. The van der Waals surface area contributed by atoms with E-state index in [-0.39, 0.29) is 5.91 Å². The average Bonchev–Trinajstić information content (AvgIpc) is 3.19. The van der Waals surface area contributed by atoms with Crippen molar-refractivity contribution in [3.8, 4) is 11.4 Å². The zero-order chi connectivity index (χ0) is 19.4. The van der Waals surface area contributed by atoms with Crippen LogP contribution in [0.2, 0.25) is 0 Å². The van der Waals surface area contributed by atoms with Gasteiger partial charge in [0.15, 0.2) is 11.0 Å². The minimum Gasteiger partial charge on any atom is -0.325 e. The SMILES string of the molecule is CCCn1c(SCC(=O)Nc2ccc(Br)cc2)nnc1-c1csc(C)c1C. The average molecular weight is 465 g/mol. The summed E-state index contributed by atoms with van der Waals surface area (Å²) in [6, 6.07) is 7.54. The summed E-state index contributed by atoms with van der Waals surface area (Å²) in [5.74, 6) is 1.12. The normalized spacial score (nSPS) is 11.0. The molecule has 8 heteroatoms. The maximum absolute atomic E-state index is 12.3. The first-order valence-corrected chi connectivity index (χ1v) is 11.3. The molecule has 5 nitrogen and oxygen atoms in total. The third kappa shape index (κ3) is 4.80. The van der Waals surface area contributed by atoms with E-state index in [9.17, 15) is 4.79 Å². The van der Waals surface area contributed by atoms with Gasteiger partial charge in [-0.25, -0.2) is 0 Å². The van der Waals surface area contributed by atoms with Gasteiger partial charge in [0.2, 0.25) is 5.91 Å². The predicted molar refractivity (Wildman–Crippen MR) is 117 cm³/mol. The monoisotopic (exact) mass is 464 g/mol. The number of nitrogens with zero attached hydrogens (tertiary/aromatic N) is 3. The summed E-state index contributed by atoms with van der Waals surface area (Å²) in [6.07, 6.45) is 0.978. The minimum absolute atomic E-state index is 0.0579. The Morgan fingerprint density at radius 2 is 2.00 bits per heavy atom. The van der Waals surface area contributed by atoms with Crippen molar-refractivity contribution in [3.63, 3.8) is 0 Å². The van der Waals surface area contributed by atoms with Crippen LogP contribution in [0.5, 0.6) is 0 Å². The molecule has 0 saturated heterocycles. The van der Waals surface area contributed by atoms with Crippen LogP contribution in [-0.4, -0.2) is 26.4 Å². The molecule has 1 amide bonds. The number of rotatable bonds is 7. The number of hydrogen-bond acceptors (Lipinski definition) is 5. The van der Waals surface area contributed by atoms with Crippen LogP contribution in [0.25, 0.3) is 11.4 Å². The molecule has 0 saturated carbocycles. The summed E-state index contributed by atoms with van der Waals surface area (Å²) in [6.45, 7) is 7.19. The summed E-state index contributed by atoms with van der Waals surface area (Å²) in [4.78, 5) is 13.6. The molecule has 0 fully saturated rings. The number of thiophene rings is 1. The summed E-state index contributed by atoms with van der Waals surface area (Å²) in [5.41, 5.74) is 3.16. The Kier molecular flexibility index (Phi) is 6.73. The van der Waals surface area contributed by atoms with E-state index >= 15 is 0 Å². The number of anilines is 1. The second-order valence-electron chi connectivity index (χ2n) is 6.13. The van der Waals surface area contributed by atoms with E-state index < -0.39 is 0 Å². The Morgan fingerprint density at radius 3 is 2.63 bits per heavy atom. The maximum Gasteiger partial charge on any atom is 0.234 e. The van der Waals surface area contributed by atoms with Crippen molar-refractivity contribution in [1.82, 2.24) is 14.8 Å². The Hall–Kier alpha value is -1.64. The Balaban J connectivity index is 1.72. The van der Waals surface area contributed by atoms with Gasteiger partial charge >= 0.3 is 0 Å². The molecule has 2 aromatic heterocycles. The van der Waals surface area contributed by atoms with Crippen molar-refractivity contribution in [2.24, 2.45) is 0 Å². The van der Waals surface area contributed by atoms with Crippen LogP contribution in [0.15, 0.2) is 39.3 Å².